The molecule has 0 heterocycles. The van der Waals surface area contributed by atoms with Gasteiger partial charge in [0.1, 0.15) is 11.5 Å². The Labute approximate surface area is 108 Å². The first kappa shape index (κ1) is 11.7. The Hall–Kier alpha value is -1.74. The van der Waals surface area contributed by atoms with Crippen molar-refractivity contribution in [2.45, 2.75) is 0 Å². The predicted molar refractivity (Wildman–Crippen MR) is 72.7 cm³/mol. The van der Waals surface area contributed by atoms with Crippen LogP contribution < -0.4 is 0 Å². The van der Waals surface area contributed by atoms with Gasteiger partial charge in [0.2, 0.25) is 0 Å². The van der Waals surface area contributed by atoms with Crippen LogP contribution in [0.4, 0.5) is 0 Å². The molecule has 3 heteroatoms. The summed E-state index contributed by atoms with van der Waals surface area (Å²) < 4.78 is 0.896. The van der Waals surface area contributed by atoms with Crippen LogP contribution in [0.3, 0.4) is 0 Å². The van der Waals surface area contributed by atoms with Crippen molar-refractivity contribution < 1.29 is 10.2 Å². The van der Waals surface area contributed by atoms with Gasteiger partial charge < -0.3 is 10.2 Å². The third-order valence-corrected chi connectivity index (χ3v) is 2.84. The Morgan fingerprint density at radius 2 is 1.82 bits per heavy atom. The van der Waals surface area contributed by atoms with E-state index in [2.05, 4.69) is 15.9 Å². The molecule has 17 heavy (non-hydrogen) atoms. The Balaban J connectivity index is 2.38. The molecule has 0 spiro atoms. The molecule has 2 rings (SSSR count). The van der Waals surface area contributed by atoms with Crippen molar-refractivity contribution in [3.8, 4) is 5.75 Å². The second-order valence-corrected chi connectivity index (χ2v) is 4.51. The molecule has 0 saturated heterocycles. The third-order valence-electron chi connectivity index (χ3n) is 2.35. The van der Waals surface area contributed by atoms with Crippen LogP contribution in [0.5, 0.6) is 5.75 Å². The van der Waals surface area contributed by atoms with Gasteiger partial charge >= 0.3 is 0 Å². The minimum absolute atomic E-state index is 0.118. The number of rotatable bonds is 2. The van der Waals surface area contributed by atoms with Crippen molar-refractivity contribution in [1.29, 1.82) is 0 Å². The normalized spacial score (nSPS) is 11.5. The molecule has 2 aromatic rings. The summed E-state index contributed by atoms with van der Waals surface area (Å²) in [5, 5.41) is 19.5. The largest absolute Gasteiger partial charge is 0.507 e. The highest BCUT2D eigenvalue weighted by atomic mass is 79.9. The number of hydrogen-bond donors (Lipinski definition) is 2. The van der Waals surface area contributed by atoms with E-state index in [0.717, 1.165) is 4.47 Å². The standard InChI is InChI=1S/C14H11BrO2/c15-12-6-3-5-10(8-12)14(17)9-11-4-1-2-7-13(11)16/h1-9,16-17H. The molecule has 0 atom stereocenters. The molecule has 86 valence electrons. The molecule has 0 aliphatic rings. The summed E-state index contributed by atoms with van der Waals surface area (Å²) in [5.41, 5.74) is 1.28. The maximum atomic E-state index is 9.95. The summed E-state index contributed by atoms with van der Waals surface area (Å²) >= 11 is 3.34. The number of aliphatic hydroxyl groups is 1. The van der Waals surface area contributed by atoms with Crippen molar-refractivity contribution in [2.75, 3.05) is 0 Å². The highest BCUT2D eigenvalue weighted by Crippen LogP contribution is 2.23. The van der Waals surface area contributed by atoms with E-state index < -0.39 is 0 Å². The summed E-state index contributed by atoms with van der Waals surface area (Å²) in [6.07, 6.45) is 1.54. The van der Waals surface area contributed by atoms with E-state index in [0.29, 0.717) is 11.1 Å². The van der Waals surface area contributed by atoms with Crippen molar-refractivity contribution in [3.05, 3.63) is 64.1 Å². The topological polar surface area (TPSA) is 40.5 Å². The highest BCUT2D eigenvalue weighted by Gasteiger charge is 2.02. The van der Waals surface area contributed by atoms with Gasteiger partial charge in [-0.15, -0.1) is 0 Å². The minimum atomic E-state index is 0.118. The number of phenols is 1. The lowest BCUT2D eigenvalue weighted by Crippen LogP contribution is -1.83. The number of halogens is 1. The van der Waals surface area contributed by atoms with Gasteiger partial charge in [-0.2, -0.15) is 0 Å². The lowest BCUT2D eigenvalue weighted by atomic mass is 10.1. The molecule has 2 nitrogen and oxygen atoms in total. The van der Waals surface area contributed by atoms with Crippen LogP contribution in [-0.4, -0.2) is 10.2 Å². The molecule has 0 aliphatic heterocycles. The number of aromatic hydroxyl groups is 1. The number of benzene rings is 2. The molecule has 2 N–H and O–H groups in total. The summed E-state index contributed by atoms with van der Waals surface area (Å²) in [7, 11) is 0. The van der Waals surface area contributed by atoms with Gasteiger partial charge in [0, 0.05) is 15.6 Å². The highest BCUT2D eigenvalue weighted by molar-refractivity contribution is 9.10. The average molecular weight is 291 g/mol. The van der Waals surface area contributed by atoms with Crippen molar-refractivity contribution in [3.63, 3.8) is 0 Å². The summed E-state index contributed by atoms with van der Waals surface area (Å²) in [6.45, 7) is 0. The van der Waals surface area contributed by atoms with Gasteiger partial charge in [-0.3, -0.25) is 0 Å². The Morgan fingerprint density at radius 3 is 2.53 bits per heavy atom. The van der Waals surface area contributed by atoms with Crippen molar-refractivity contribution in [1.82, 2.24) is 0 Å². The van der Waals surface area contributed by atoms with Gasteiger partial charge in [0.25, 0.3) is 0 Å². The number of aliphatic hydroxyl groups excluding tert-OH is 1. The molecule has 0 amide bonds. The first-order chi connectivity index (χ1) is 8.16. The van der Waals surface area contributed by atoms with E-state index in [9.17, 15) is 10.2 Å². The fourth-order valence-electron chi connectivity index (χ4n) is 1.49. The summed E-state index contributed by atoms with van der Waals surface area (Å²) in [5.74, 6) is 0.266. The van der Waals surface area contributed by atoms with E-state index in [-0.39, 0.29) is 11.5 Å². The van der Waals surface area contributed by atoms with Gasteiger partial charge in [-0.1, -0.05) is 46.3 Å². The van der Waals surface area contributed by atoms with Crippen molar-refractivity contribution >= 4 is 27.8 Å². The van der Waals surface area contributed by atoms with Crippen LogP contribution in [0.2, 0.25) is 0 Å². The SMILES string of the molecule is OC(=Cc1ccccc1O)c1cccc(Br)c1. The smallest absolute Gasteiger partial charge is 0.123 e. The van der Waals surface area contributed by atoms with E-state index >= 15 is 0 Å². The predicted octanol–water partition coefficient (Wildman–Crippen LogP) is 4.21. The molecule has 0 unspecified atom stereocenters. The lowest BCUT2D eigenvalue weighted by molar-refractivity contribution is 0.473. The zero-order chi connectivity index (χ0) is 12.3. The van der Waals surface area contributed by atoms with E-state index in [4.69, 9.17) is 0 Å². The van der Waals surface area contributed by atoms with Crippen LogP contribution in [0, 0.1) is 0 Å². The van der Waals surface area contributed by atoms with Crippen LogP contribution in [-0.2, 0) is 0 Å². The van der Waals surface area contributed by atoms with Crippen LogP contribution in [0.1, 0.15) is 11.1 Å². The zero-order valence-corrected chi connectivity index (χ0v) is 10.6. The molecule has 0 radical (unpaired) electrons. The van der Waals surface area contributed by atoms with Crippen LogP contribution in [0.15, 0.2) is 53.0 Å². The van der Waals surface area contributed by atoms with Gasteiger partial charge in [-0.25, -0.2) is 0 Å². The Kier molecular flexibility index (Phi) is 3.49. The minimum Gasteiger partial charge on any atom is -0.507 e. The van der Waals surface area contributed by atoms with Crippen LogP contribution >= 0.6 is 15.9 Å². The first-order valence-corrected chi connectivity index (χ1v) is 5.91. The maximum Gasteiger partial charge on any atom is 0.123 e. The van der Waals surface area contributed by atoms with Gasteiger partial charge in [0.05, 0.1) is 0 Å². The quantitative estimate of drug-likeness (QED) is 0.642. The molecule has 0 aromatic heterocycles. The zero-order valence-electron chi connectivity index (χ0n) is 8.97. The maximum absolute atomic E-state index is 9.95. The second-order valence-electron chi connectivity index (χ2n) is 3.60. The first-order valence-electron chi connectivity index (χ1n) is 5.11. The molecule has 0 fully saturated rings. The monoisotopic (exact) mass is 290 g/mol. The summed E-state index contributed by atoms with van der Waals surface area (Å²) in [6, 6.07) is 14.2. The molecule has 0 aliphatic carbocycles. The molecular formula is C14H11BrO2. The number of phenolic OH excluding ortho intramolecular Hbond substituents is 1. The fraction of sp³-hybridized carbons (Fsp3) is 0. The van der Waals surface area contributed by atoms with E-state index in [1.165, 1.54) is 6.08 Å². The van der Waals surface area contributed by atoms with E-state index in [1.54, 1.807) is 30.3 Å². The van der Waals surface area contributed by atoms with E-state index in [1.807, 2.05) is 18.2 Å². The Bertz CT molecular complexity index is 562. The van der Waals surface area contributed by atoms with Gasteiger partial charge in [-0.05, 0) is 24.3 Å². The third kappa shape index (κ3) is 2.88. The summed E-state index contributed by atoms with van der Waals surface area (Å²) in [4.78, 5) is 0. The molecular weight excluding hydrogens is 280 g/mol. The van der Waals surface area contributed by atoms with Crippen molar-refractivity contribution in [2.24, 2.45) is 0 Å². The van der Waals surface area contributed by atoms with Gasteiger partial charge in [0.15, 0.2) is 0 Å². The number of hydrogen-bond acceptors (Lipinski definition) is 2. The molecule has 0 saturated carbocycles. The molecule has 0 bridgehead atoms. The Morgan fingerprint density at radius 1 is 1.06 bits per heavy atom. The second kappa shape index (κ2) is 5.06. The molecule has 2 aromatic carbocycles. The van der Waals surface area contributed by atoms with Crippen LogP contribution in [0.25, 0.3) is 11.8 Å². The fourth-order valence-corrected chi connectivity index (χ4v) is 1.89. The average Bonchev–Trinajstić information content (AvgIpc) is 2.32. The lowest BCUT2D eigenvalue weighted by Gasteiger charge is -2.02. The number of para-hydroxylation sites is 1.